The third kappa shape index (κ3) is 10.7. The molecule has 1 aliphatic rings. The Morgan fingerprint density at radius 3 is 2.23 bits per heavy atom. The molecule has 1 saturated heterocycles. The molecule has 1 fully saturated rings. The van der Waals surface area contributed by atoms with E-state index in [1.54, 1.807) is 39.8 Å². The van der Waals surface area contributed by atoms with Crippen LogP contribution >= 0.6 is 0 Å². The summed E-state index contributed by atoms with van der Waals surface area (Å²) in [6.45, 7) is 17.2. The number of amides is 2. The number of hydrogen-bond acceptors (Lipinski definition) is 5. The number of hydrogen-bond donors (Lipinski definition) is 2. The molecule has 0 bridgehead atoms. The number of likely N-dealkylation sites (N-methyl/N-ethyl adjacent to an activating group) is 1. The van der Waals surface area contributed by atoms with Gasteiger partial charge in [-0.3, -0.25) is 9.79 Å². The highest BCUT2D eigenvalue weighted by atomic mass is 16.6. The lowest BCUT2D eigenvalue weighted by Gasteiger charge is -2.31. The molecular formula is C27H48N4O4. The Kier molecular flexibility index (Phi) is 15.7. The number of aliphatic imine (C=N–C) groups is 1. The van der Waals surface area contributed by atoms with Gasteiger partial charge in [0.2, 0.25) is 0 Å². The van der Waals surface area contributed by atoms with E-state index in [0.717, 1.165) is 12.3 Å². The Bertz CT molecular complexity index is 762. The summed E-state index contributed by atoms with van der Waals surface area (Å²) in [7, 11) is 3.38. The summed E-state index contributed by atoms with van der Waals surface area (Å²) in [6.07, 6.45) is 0.114. The van der Waals surface area contributed by atoms with Crippen LogP contribution in [0.3, 0.4) is 0 Å². The van der Waals surface area contributed by atoms with E-state index >= 15 is 0 Å². The fourth-order valence-corrected chi connectivity index (χ4v) is 3.83. The maximum absolute atomic E-state index is 13.8. The van der Waals surface area contributed by atoms with Crippen LogP contribution in [0.25, 0.3) is 0 Å². The van der Waals surface area contributed by atoms with Crippen molar-refractivity contribution in [1.29, 1.82) is 0 Å². The van der Waals surface area contributed by atoms with Crippen molar-refractivity contribution < 1.29 is 19.1 Å². The number of ether oxygens (including phenoxy) is 2. The Morgan fingerprint density at radius 2 is 1.74 bits per heavy atom. The average Bonchev–Trinajstić information content (AvgIpc) is 3.26. The van der Waals surface area contributed by atoms with Gasteiger partial charge in [-0.2, -0.15) is 0 Å². The molecule has 2 rings (SSSR count). The number of methoxy groups -OCH3 is 1. The van der Waals surface area contributed by atoms with Crippen LogP contribution in [-0.2, 0) is 14.3 Å². The Morgan fingerprint density at radius 1 is 1.14 bits per heavy atom. The molecule has 8 nitrogen and oxygen atoms in total. The first-order valence-corrected chi connectivity index (χ1v) is 12.7. The summed E-state index contributed by atoms with van der Waals surface area (Å²) in [5, 5.41) is 6.05. The van der Waals surface area contributed by atoms with E-state index in [2.05, 4.69) is 15.6 Å². The highest BCUT2D eigenvalue weighted by molar-refractivity contribution is 5.94. The monoisotopic (exact) mass is 492 g/mol. The summed E-state index contributed by atoms with van der Waals surface area (Å²) >= 11 is 0. The minimum absolute atomic E-state index is 0.187. The molecule has 1 aliphatic heterocycles. The number of carbonyl (C=O) groups is 2. The first-order chi connectivity index (χ1) is 16.7. The van der Waals surface area contributed by atoms with Gasteiger partial charge in [-0.1, -0.05) is 58.0 Å². The van der Waals surface area contributed by atoms with Gasteiger partial charge in [0.25, 0.3) is 5.91 Å². The smallest absolute Gasteiger partial charge is 0.408 e. The maximum atomic E-state index is 13.8. The third-order valence-electron chi connectivity index (χ3n) is 5.03. The summed E-state index contributed by atoms with van der Waals surface area (Å²) in [4.78, 5) is 32.5. The summed E-state index contributed by atoms with van der Waals surface area (Å²) in [5.41, 5.74) is 0.0343. The zero-order valence-corrected chi connectivity index (χ0v) is 23.5. The quantitative estimate of drug-likeness (QED) is 0.421. The number of likely N-dealkylation sites (tertiary alicyclic amines) is 1. The van der Waals surface area contributed by atoms with Crippen LogP contribution in [-0.4, -0.2) is 68.2 Å². The highest BCUT2D eigenvalue weighted by Crippen LogP contribution is 2.28. The molecule has 3 atom stereocenters. The lowest BCUT2D eigenvalue weighted by atomic mass is 10.0. The predicted molar refractivity (Wildman–Crippen MR) is 144 cm³/mol. The Balaban J connectivity index is 0.00000274. The van der Waals surface area contributed by atoms with Crippen LogP contribution in [0.2, 0.25) is 0 Å². The van der Waals surface area contributed by atoms with Crippen molar-refractivity contribution in [2.75, 3.05) is 33.9 Å². The van der Waals surface area contributed by atoms with Gasteiger partial charge < -0.3 is 25.0 Å². The maximum Gasteiger partial charge on any atom is 0.408 e. The van der Waals surface area contributed by atoms with Gasteiger partial charge in [0, 0.05) is 33.2 Å². The second-order valence-corrected chi connectivity index (χ2v) is 8.69. The number of rotatable bonds is 7. The van der Waals surface area contributed by atoms with Crippen molar-refractivity contribution in [2.24, 2.45) is 10.9 Å². The number of alkyl carbamates (subject to hydrolysis) is 1. The van der Waals surface area contributed by atoms with Crippen molar-refractivity contribution in [3.05, 3.63) is 35.9 Å². The molecule has 2 N–H and O–H groups in total. The summed E-state index contributed by atoms with van der Waals surface area (Å²) in [6, 6.07) is 8.16. The second kappa shape index (κ2) is 16.9. The molecule has 0 aromatic heterocycles. The van der Waals surface area contributed by atoms with Crippen LogP contribution in [0, 0.1) is 5.92 Å². The van der Waals surface area contributed by atoms with E-state index in [0.29, 0.717) is 25.3 Å². The van der Waals surface area contributed by atoms with Crippen LogP contribution in [0.5, 0.6) is 0 Å². The lowest BCUT2D eigenvalue weighted by molar-refractivity contribution is -0.133. The molecule has 0 spiro atoms. The molecule has 8 heteroatoms. The number of nitrogens with one attached hydrogen (secondary N) is 2. The molecule has 1 aromatic rings. The number of amidine groups is 1. The van der Waals surface area contributed by atoms with Gasteiger partial charge in [0.05, 0.1) is 12.6 Å². The minimum atomic E-state index is -0.862. The fraction of sp³-hybridized carbons (Fsp3) is 0.667. The van der Waals surface area contributed by atoms with Crippen molar-refractivity contribution in [1.82, 2.24) is 15.5 Å². The van der Waals surface area contributed by atoms with Gasteiger partial charge in [0.1, 0.15) is 17.5 Å². The normalized spacial score (nSPS) is 18.3. The van der Waals surface area contributed by atoms with Crippen molar-refractivity contribution in [2.45, 2.75) is 79.5 Å². The van der Waals surface area contributed by atoms with Gasteiger partial charge in [-0.15, -0.1) is 0 Å². The molecule has 2 unspecified atom stereocenters. The molecule has 0 aliphatic carbocycles. The van der Waals surface area contributed by atoms with Gasteiger partial charge in [-0.25, -0.2) is 4.79 Å². The SMILES string of the molecule is CC.CC.CCNC(=NC)C1CC(COC)CN1C(=O)[C@H](NC(=O)OC(C)(C)C)c1ccccc1. The van der Waals surface area contributed by atoms with Gasteiger partial charge in [0.15, 0.2) is 0 Å². The van der Waals surface area contributed by atoms with Crippen molar-refractivity contribution >= 4 is 17.8 Å². The molecule has 200 valence electrons. The standard InChI is InChI=1S/C23H36N4O4.2C2H6/c1-7-25-20(24-5)18-13-16(15-30-6)14-27(18)21(28)19(17-11-9-8-10-12-17)26-22(29)31-23(2,3)4;2*1-2/h8-12,16,18-19H,7,13-15H2,1-6H3,(H,24,25)(H,26,29);2*1-2H3/t16?,18?,19-;;/m1../s1. The third-order valence-corrected chi connectivity index (χ3v) is 5.03. The van der Waals surface area contributed by atoms with Crippen LogP contribution < -0.4 is 10.6 Å². The zero-order chi connectivity index (χ0) is 27.0. The van der Waals surface area contributed by atoms with Crippen LogP contribution in [0.4, 0.5) is 4.79 Å². The Hall–Kier alpha value is -2.61. The highest BCUT2D eigenvalue weighted by Gasteiger charge is 2.41. The fourth-order valence-electron chi connectivity index (χ4n) is 3.83. The van der Waals surface area contributed by atoms with Gasteiger partial charge in [-0.05, 0) is 39.7 Å². The first-order valence-electron chi connectivity index (χ1n) is 12.7. The average molecular weight is 493 g/mol. The zero-order valence-electron chi connectivity index (χ0n) is 23.5. The molecule has 0 saturated carbocycles. The lowest BCUT2D eigenvalue weighted by Crippen LogP contribution is -2.50. The van der Waals surface area contributed by atoms with E-state index in [1.165, 1.54) is 0 Å². The molecule has 2 amide bonds. The van der Waals surface area contributed by atoms with Crippen LogP contribution in [0.15, 0.2) is 35.3 Å². The van der Waals surface area contributed by atoms with Crippen LogP contribution in [0.1, 0.15) is 73.4 Å². The molecule has 1 heterocycles. The number of benzene rings is 1. The van der Waals surface area contributed by atoms with E-state index in [4.69, 9.17) is 9.47 Å². The van der Waals surface area contributed by atoms with E-state index in [-0.39, 0.29) is 17.9 Å². The summed E-state index contributed by atoms with van der Waals surface area (Å²) < 4.78 is 10.8. The van der Waals surface area contributed by atoms with Crippen molar-refractivity contribution in [3.63, 3.8) is 0 Å². The topological polar surface area (TPSA) is 92.3 Å². The molecule has 35 heavy (non-hydrogen) atoms. The number of nitrogens with zero attached hydrogens (tertiary/aromatic N) is 2. The van der Waals surface area contributed by atoms with E-state index < -0.39 is 17.7 Å². The van der Waals surface area contributed by atoms with E-state index in [9.17, 15) is 9.59 Å². The van der Waals surface area contributed by atoms with Crippen molar-refractivity contribution in [3.8, 4) is 0 Å². The molecule has 1 aromatic carbocycles. The number of carbonyl (C=O) groups excluding carboxylic acids is 2. The predicted octanol–water partition coefficient (Wildman–Crippen LogP) is 4.81. The molecular weight excluding hydrogens is 444 g/mol. The second-order valence-electron chi connectivity index (χ2n) is 8.69. The van der Waals surface area contributed by atoms with Gasteiger partial charge >= 0.3 is 6.09 Å². The summed E-state index contributed by atoms with van der Waals surface area (Å²) in [5.74, 6) is 0.755. The minimum Gasteiger partial charge on any atom is -0.444 e. The first kappa shape index (κ1) is 32.4. The molecule has 0 radical (unpaired) electrons. The Labute approximate surface area is 212 Å². The largest absolute Gasteiger partial charge is 0.444 e. The van der Waals surface area contributed by atoms with E-state index in [1.807, 2.05) is 65.0 Å².